The van der Waals surface area contributed by atoms with Gasteiger partial charge in [-0.05, 0) is 206 Å². The molecule has 1 aliphatic rings. The lowest BCUT2D eigenvalue weighted by atomic mass is 9.81. The van der Waals surface area contributed by atoms with Gasteiger partial charge >= 0.3 is 0 Å². The zero-order valence-electron chi connectivity index (χ0n) is 43.2. The largest absolute Gasteiger partial charge is 0.310 e. The van der Waals surface area contributed by atoms with Crippen LogP contribution in [0.5, 0.6) is 0 Å². The number of nitrogens with zero attached hydrogens (tertiary/aromatic N) is 3. The molecule has 9 aromatic carbocycles. The first kappa shape index (κ1) is 43.9. The summed E-state index contributed by atoms with van der Waals surface area (Å²) >= 11 is 0. The van der Waals surface area contributed by atoms with Crippen molar-refractivity contribution in [3.63, 3.8) is 0 Å². The summed E-state index contributed by atoms with van der Waals surface area (Å²) < 4.78 is 2.63. The van der Waals surface area contributed by atoms with E-state index in [4.69, 9.17) is 0 Å². The average molecular weight is 910 g/mol. The maximum Gasteiger partial charge on any atom is 0.0641 e. The van der Waals surface area contributed by atoms with E-state index in [0.29, 0.717) is 0 Å². The highest BCUT2D eigenvalue weighted by Gasteiger charge is 2.37. The fourth-order valence-electron chi connectivity index (χ4n) is 12.5. The van der Waals surface area contributed by atoms with Crippen molar-refractivity contribution in [2.24, 2.45) is 0 Å². The predicted octanol–water partition coefficient (Wildman–Crippen LogP) is 19.0. The van der Waals surface area contributed by atoms with Crippen LogP contribution in [-0.4, -0.2) is 4.40 Å². The molecule has 346 valence electrons. The van der Waals surface area contributed by atoms with Gasteiger partial charge in [0.25, 0.3) is 0 Å². The molecule has 2 aromatic heterocycles. The van der Waals surface area contributed by atoms with Gasteiger partial charge in [0.05, 0.1) is 22.2 Å². The first-order valence-corrected chi connectivity index (χ1v) is 25.2. The summed E-state index contributed by atoms with van der Waals surface area (Å²) in [5.41, 5.74) is 27.5. The van der Waals surface area contributed by atoms with Crippen LogP contribution in [0.1, 0.15) is 95.8 Å². The fraction of sp³-hybridized carbons (Fsp3) is 0.224. The topological polar surface area (TPSA) is 10.9 Å². The molecule has 0 unspecified atom stereocenters. The maximum atomic E-state index is 2.63. The van der Waals surface area contributed by atoms with Crippen molar-refractivity contribution >= 4 is 83.0 Å². The average Bonchev–Trinajstić information content (AvgIpc) is 3.89. The Morgan fingerprint density at radius 1 is 0.400 bits per heavy atom. The lowest BCUT2D eigenvalue weighted by Gasteiger charge is -2.30. The van der Waals surface area contributed by atoms with Crippen molar-refractivity contribution in [2.45, 2.75) is 101 Å². The van der Waals surface area contributed by atoms with Gasteiger partial charge in [-0.3, -0.25) is 0 Å². The summed E-state index contributed by atoms with van der Waals surface area (Å²) in [6, 6.07) is 56.7. The number of aryl methyl sites for hydroxylation is 8. The Balaban J connectivity index is 1.11. The zero-order valence-corrected chi connectivity index (χ0v) is 43.2. The van der Waals surface area contributed by atoms with Crippen LogP contribution in [0.25, 0.3) is 60.0 Å². The molecule has 3 heteroatoms. The highest BCUT2D eigenvalue weighted by molar-refractivity contribution is 6.30. The second-order valence-corrected chi connectivity index (χ2v) is 22.6. The Hall–Kier alpha value is -7.36. The molecule has 0 radical (unpaired) electrons. The first-order chi connectivity index (χ1) is 33.3. The minimum absolute atomic E-state index is 0.0218. The van der Waals surface area contributed by atoms with Crippen molar-refractivity contribution in [3.05, 3.63) is 207 Å². The molecular weight excluding hydrogens is 847 g/mol. The van der Waals surface area contributed by atoms with Gasteiger partial charge in [-0.1, -0.05) is 112 Å². The van der Waals surface area contributed by atoms with E-state index in [9.17, 15) is 0 Å². The smallest absolute Gasteiger partial charge is 0.0641 e. The van der Waals surface area contributed by atoms with E-state index in [0.717, 1.165) is 0 Å². The lowest BCUT2D eigenvalue weighted by molar-refractivity contribution is 0.591. The molecule has 0 N–H and O–H groups in total. The van der Waals surface area contributed by atoms with E-state index in [1.807, 2.05) is 0 Å². The summed E-state index contributed by atoms with van der Waals surface area (Å²) in [6.45, 7) is 29.6. The van der Waals surface area contributed by atoms with Crippen LogP contribution < -0.4 is 9.80 Å². The standard InChI is InChI=1S/C67H63N3/c1-38-14-22-59(44(7)28-38)68(49-30-40(3)26-41(4)31-49)48-18-20-51-55-34-46-16-19-52-53-21-25-62(69(50-32-42(5)27-43(6)33-50)60-23-15-39(2)29-45(60)8)63-56-35-47(66(9,10)11)17-24-61(56)70(65(53)63)64(52)54(46)37-58(55)67(12,13)57(51)36-48/h14-37H,1-13H3. The number of rotatable bonds is 6. The molecule has 0 saturated carbocycles. The third-order valence-electron chi connectivity index (χ3n) is 15.7. The number of benzene rings is 9. The molecule has 0 bridgehead atoms. The number of fused-ring (bicyclic) bond motifs is 11. The van der Waals surface area contributed by atoms with Gasteiger partial charge in [0.15, 0.2) is 0 Å². The van der Waals surface area contributed by atoms with E-state index in [1.165, 1.54) is 155 Å². The summed E-state index contributed by atoms with van der Waals surface area (Å²) in [5.74, 6) is 0. The molecule has 0 fully saturated rings. The Morgan fingerprint density at radius 3 is 1.57 bits per heavy atom. The molecular formula is C67H63N3. The Morgan fingerprint density at radius 2 is 0.957 bits per heavy atom. The van der Waals surface area contributed by atoms with E-state index >= 15 is 0 Å². The highest BCUT2D eigenvalue weighted by atomic mass is 15.2. The highest BCUT2D eigenvalue weighted by Crippen LogP contribution is 2.54. The summed E-state index contributed by atoms with van der Waals surface area (Å²) in [6.07, 6.45) is 0. The maximum absolute atomic E-state index is 2.63. The minimum atomic E-state index is -0.249. The van der Waals surface area contributed by atoms with Gasteiger partial charge in [0.1, 0.15) is 0 Å². The van der Waals surface area contributed by atoms with Crippen molar-refractivity contribution in [1.29, 1.82) is 0 Å². The molecule has 70 heavy (non-hydrogen) atoms. The molecule has 3 nitrogen and oxygen atoms in total. The van der Waals surface area contributed by atoms with E-state index in [2.05, 4.69) is 250 Å². The number of hydrogen-bond acceptors (Lipinski definition) is 2. The third-order valence-corrected chi connectivity index (χ3v) is 15.7. The molecule has 0 aliphatic heterocycles. The lowest BCUT2D eigenvalue weighted by Crippen LogP contribution is -2.17. The van der Waals surface area contributed by atoms with Gasteiger partial charge in [-0.2, -0.15) is 0 Å². The molecule has 12 rings (SSSR count). The molecule has 0 saturated heterocycles. The quantitative estimate of drug-likeness (QED) is 0.165. The van der Waals surface area contributed by atoms with Crippen LogP contribution in [0.3, 0.4) is 0 Å². The predicted molar refractivity (Wildman–Crippen MR) is 302 cm³/mol. The number of aromatic nitrogens is 1. The van der Waals surface area contributed by atoms with Crippen LogP contribution in [-0.2, 0) is 10.8 Å². The monoisotopic (exact) mass is 910 g/mol. The molecule has 1 aliphatic carbocycles. The van der Waals surface area contributed by atoms with Crippen molar-refractivity contribution in [3.8, 4) is 11.1 Å². The molecule has 11 aromatic rings. The second-order valence-electron chi connectivity index (χ2n) is 22.6. The minimum Gasteiger partial charge on any atom is -0.310 e. The Kier molecular flexibility index (Phi) is 9.60. The number of anilines is 6. The Labute approximate surface area is 414 Å². The zero-order chi connectivity index (χ0) is 48.9. The van der Waals surface area contributed by atoms with E-state index in [-0.39, 0.29) is 10.8 Å². The summed E-state index contributed by atoms with van der Waals surface area (Å²) in [5, 5.41) is 7.72. The second kappa shape index (κ2) is 15.3. The summed E-state index contributed by atoms with van der Waals surface area (Å²) in [7, 11) is 0. The molecule has 2 heterocycles. The SMILES string of the molecule is Cc1cc(C)cc(N(c2ccc3c(c2)C(C)(C)c2cc4c(ccc5c6ccc(N(c7cc(C)cc(C)c7)c7ccc(C)cc7C)c7c8cc(C(C)(C)C)ccc8n(c45)c67)cc2-3)c2ccc(C)cc2C)c1. The number of hydrogen-bond donors (Lipinski definition) is 0. The van der Waals surface area contributed by atoms with Gasteiger partial charge in [0.2, 0.25) is 0 Å². The van der Waals surface area contributed by atoms with Gasteiger partial charge in [-0.15, -0.1) is 0 Å². The van der Waals surface area contributed by atoms with Crippen molar-refractivity contribution < 1.29 is 0 Å². The van der Waals surface area contributed by atoms with Crippen molar-refractivity contribution in [1.82, 2.24) is 4.40 Å². The third kappa shape index (κ3) is 6.61. The molecule has 0 atom stereocenters. The summed E-state index contributed by atoms with van der Waals surface area (Å²) in [4.78, 5) is 5.00. The van der Waals surface area contributed by atoms with Gasteiger partial charge in [-0.25, -0.2) is 0 Å². The fourth-order valence-corrected chi connectivity index (χ4v) is 12.5. The van der Waals surface area contributed by atoms with Crippen LogP contribution in [0.4, 0.5) is 34.1 Å². The van der Waals surface area contributed by atoms with Crippen molar-refractivity contribution in [2.75, 3.05) is 9.80 Å². The molecule has 0 spiro atoms. The molecule has 0 amide bonds. The van der Waals surface area contributed by atoms with Crippen LogP contribution in [0.2, 0.25) is 0 Å². The normalized spacial score (nSPS) is 13.3. The first-order valence-electron chi connectivity index (χ1n) is 25.2. The van der Waals surface area contributed by atoms with Crippen LogP contribution in [0, 0.1) is 55.4 Å². The van der Waals surface area contributed by atoms with E-state index in [1.54, 1.807) is 0 Å². The van der Waals surface area contributed by atoms with E-state index < -0.39 is 0 Å². The van der Waals surface area contributed by atoms with Gasteiger partial charge < -0.3 is 14.2 Å². The Bertz CT molecular complexity index is 3960. The van der Waals surface area contributed by atoms with Crippen LogP contribution in [0.15, 0.2) is 146 Å². The van der Waals surface area contributed by atoms with Crippen LogP contribution >= 0.6 is 0 Å². The van der Waals surface area contributed by atoms with Gasteiger partial charge in [0, 0.05) is 60.8 Å².